The summed E-state index contributed by atoms with van der Waals surface area (Å²) in [6.07, 6.45) is -1.73. The molecule has 1 N–H and O–H groups in total. The third kappa shape index (κ3) is 1.98. The minimum atomic E-state index is -4.36. The highest BCUT2D eigenvalue weighted by Gasteiger charge is 2.37. The molecule has 0 bridgehead atoms. The lowest BCUT2D eigenvalue weighted by molar-refractivity contribution is -0.0917. The van der Waals surface area contributed by atoms with Crippen molar-refractivity contribution in [2.75, 3.05) is 7.05 Å². The van der Waals surface area contributed by atoms with Gasteiger partial charge in [0, 0.05) is 13.2 Å². The first kappa shape index (κ1) is 10.8. The molecule has 0 spiro atoms. The van der Waals surface area contributed by atoms with Crippen LogP contribution in [0.25, 0.3) is 0 Å². The van der Waals surface area contributed by atoms with E-state index in [2.05, 4.69) is 12.0 Å². The van der Waals surface area contributed by atoms with E-state index >= 15 is 0 Å². The van der Waals surface area contributed by atoms with Gasteiger partial charge in [-0.15, -0.1) is 0 Å². The van der Waals surface area contributed by atoms with Crippen LogP contribution >= 0.6 is 0 Å². The van der Waals surface area contributed by atoms with Crippen molar-refractivity contribution in [1.29, 1.82) is 0 Å². The fraction of sp³-hybridized carbons (Fsp3) is 0.333. The summed E-state index contributed by atoms with van der Waals surface area (Å²) in [5.41, 5.74) is 2.32. The van der Waals surface area contributed by atoms with Crippen molar-refractivity contribution in [3.8, 4) is 0 Å². The minimum Gasteiger partial charge on any atom is -0.284 e. The molecule has 0 fully saturated rings. The molecule has 0 amide bonds. The van der Waals surface area contributed by atoms with Crippen molar-refractivity contribution in [2.45, 2.75) is 13.1 Å². The molecule has 1 aliphatic rings. The summed E-state index contributed by atoms with van der Waals surface area (Å²) in [6.45, 7) is 4.98. The monoisotopic (exact) mass is 204 g/mol. The maximum absolute atomic E-state index is 12.5. The lowest BCUT2D eigenvalue weighted by Crippen LogP contribution is -2.34. The Morgan fingerprint density at radius 3 is 2.43 bits per heavy atom. The number of hydrogen-bond donors (Lipinski definition) is 1. The molecule has 0 atom stereocenters. The Bertz CT molecular complexity index is 313. The van der Waals surface area contributed by atoms with Gasteiger partial charge in [0.15, 0.2) is 0 Å². The van der Waals surface area contributed by atoms with Gasteiger partial charge in [-0.2, -0.15) is 13.2 Å². The summed E-state index contributed by atoms with van der Waals surface area (Å²) < 4.78 is 37.4. The molecule has 0 saturated carbocycles. The number of alkyl halides is 3. The van der Waals surface area contributed by atoms with Crippen LogP contribution in [0.1, 0.15) is 6.92 Å². The molecule has 1 rings (SSSR count). The van der Waals surface area contributed by atoms with Gasteiger partial charge in [0.25, 0.3) is 0 Å². The van der Waals surface area contributed by atoms with E-state index in [-0.39, 0.29) is 5.70 Å². The topological polar surface area (TPSA) is 15.3 Å². The van der Waals surface area contributed by atoms with Gasteiger partial charge < -0.3 is 0 Å². The maximum atomic E-state index is 12.5. The van der Waals surface area contributed by atoms with E-state index in [4.69, 9.17) is 0 Å². The molecule has 0 aromatic rings. The molecular formula is C9H11F3N2. The lowest BCUT2D eigenvalue weighted by atomic mass is 10.1. The van der Waals surface area contributed by atoms with Gasteiger partial charge in [-0.25, -0.2) is 5.43 Å². The average molecular weight is 204 g/mol. The van der Waals surface area contributed by atoms with Crippen LogP contribution in [0.2, 0.25) is 0 Å². The van der Waals surface area contributed by atoms with Crippen LogP contribution < -0.4 is 5.43 Å². The summed E-state index contributed by atoms with van der Waals surface area (Å²) >= 11 is 0. The van der Waals surface area contributed by atoms with E-state index in [0.717, 1.165) is 6.08 Å². The van der Waals surface area contributed by atoms with E-state index in [1.54, 1.807) is 13.1 Å². The fourth-order valence-corrected chi connectivity index (χ4v) is 1.20. The van der Waals surface area contributed by atoms with E-state index in [0.29, 0.717) is 5.57 Å². The number of nitrogens with one attached hydrogen (secondary N) is 1. The van der Waals surface area contributed by atoms with Gasteiger partial charge in [-0.05, 0) is 18.6 Å². The van der Waals surface area contributed by atoms with Crippen LogP contribution in [0.15, 0.2) is 35.7 Å². The van der Waals surface area contributed by atoms with Gasteiger partial charge in [0.1, 0.15) is 0 Å². The van der Waals surface area contributed by atoms with Gasteiger partial charge in [0.05, 0.1) is 11.3 Å². The van der Waals surface area contributed by atoms with Crippen LogP contribution in [-0.4, -0.2) is 18.2 Å². The molecule has 0 saturated heterocycles. The second kappa shape index (κ2) is 3.49. The second-order valence-electron chi connectivity index (χ2n) is 2.97. The Hall–Kier alpha value is -1.23. The van der Waals surface area contributed by atoms with Gasteiger partial charge in [-0.3, -0.25) is 5.01 Å². The fourth-order valence-electron chi connectivity index (χ4n) is 1.20. The zero-order valence-electron chi connectivity index (χ0n) is 7.94. The number of nitrogens with zero attached hydrogens (tertiary/aromatic N) is 1. The molecule has 1 aliphatic heterocycles. The number of hydrazine groups is 1. The smallest absolute Gasteiger partial charge is 0.284 e. The second-order valence-corrected chi connectivity index (χ2v) is 2.97. The van der Waals surface area contributed by atoms with Crippen molar-refractivity contribution < 1.29 is 13.2 Å². The summed E-state index contributed by atoms with van der Waals surface area (Å²) in [5, 5.41) is 1.25. The van der Waals surface area contributed by atoms with Crippen LogP contribution in [0.4, 0.5) is 13.2 Å². The molecule has 1 heterocycles. The highest BCUT2D eigenvalue weighted by Crippen LogP contribution is 2.34. The molecule has 14 heavy (non-hydrogen) atoms. The first-order chi connectivity index (χ1) is 6.36. The van der Waals surface area contributed by atoms with Crippen molar-refractivity contribution in [1.82, 2.24) is 10.4 Å². The number of rotatable bonds is 1. The Morgan fingerprint density at radius 1 is 1.43 bits per heavy atom. The van der Waals surface area contributed by atoms with E-state index in [9.17, 15) is 13.2 Å². The summed E-state index contributed by atoms with van der Waals surface area (Å²) in [6, 6.07) is 0. The Morgan fingerprint density at radius 2 is 2.00 bits per heavy atom. The largest absolute Gasteiger partial charge is 0.418 e. The molecular weight excluding hydrogens is 193 g/mol. The number of hydrogen-bond acceptors (Lipinski definition) is 2. The predicted molar refractivity (Wildman–Crippen MR) is 47.9 cm³/mol. The van der Waals surface area contributed by atoms with E-state index < -0.39 is 11.7 Å². The van der Waals surface area contributed by atoms with Crippen molar-refractivity contribution >= 4 is 0 Å². The van der Waals surface area contributed by atoms with Gasteiger partial charge >= 0.3 is 6.18 Å². The standard InChI is InChI=1S/C9H11F3N2/c1-6-4-8(9(10,11)12)7(2)14(5-6)13-3/h4-5,13H,2H2,1,3H3. The third-order valence-corrected chi connectivity index (χ3v) is 1.85. The Kier molecular flexibility index (Phi) is 2.71. The minimum absolute atomic E-state index is 0.0920. The first-order valence-corrected chi connectivity index (χ1v) is 3.99. The molecule has 2 nitrogen and oxygen atoms in total. The molecule has 0 unspecified atom stereocenters. The quantitative estimate of drug-likeness (QED) is 0.705. The van der Waals surface area contributed by atoms with Crippen LogP contribution in [0.3, 0.4) is 0 Å². The summed E-state index contributed by atoms with van der Waals surface area (Å²) in [5.74, 6) is 0. The average Bonchev–Trinajstić information content (AvgIpc) is 2.06. The molecule has 0 aromatic carbocycles. The molecule has 5 heteroatoms. The van der Waals surface area contributed by atoms with Crippen molar-refractivity contribution in [2.24, 2.45) is 0 Å². The Labute approximate surface area is 80.4 Å². The van der Waals surface area contributed by atoms with Crippen LogP contribution in [-0.2, 0) is 0 Å². The van der Waals surface area contributed by atoms with Gasteiger partial charge in [-0.1, -0.05) is 6.58 Å². The summed E-state index contributed by atoms with van der Waals surface area (Å²) in [4.78, 5) is 0. The number of halogens is 3. The predicted octanol–water partition coefficient (Wildman–Crippen LogP) is 2.34. The zero-order chi connectivity index (χ0) is 10.9. The van der Waals surface area contributed by atoms with E-state index in [1.165, 1.54) is 12.1 Å². The van der Waals surface area contributed by atoms with Crippen LogP contribution in [0, 0.1) is 0 Å². The highest BCUT2D eigenvalue weighted by atomic mass is 19.4. The number of allylic oxidation sites excluding steroid dienone is 3. The highest BCUT2D eigenvalue weighted by molar-refractivity contribution is 5.42. The molecule has 0 radical (unpaired) electrons. The Balaban J connectivity index is 3.08. The third-order valence-electron chi connectivity index (χ3n) is 1.85. The van der Waals surface area contributed by atoms with Crippen molar-refractivity contribution in [3.63, 3.8) is 0 Å². The SMILES string of the molecule is C=C1C(C(F)(F)F)=CC(C)=CN1NC. The van der Waals surface area contributed by atoms with Gasteiger partial charge in [0.2, 0.25) is 0 Å². The molecule has 0 aliphatic carbocycles. The summed E-state index contributed by atoms with van der Waals surface area (Å²) in [7, 11) is 1.54. The normalized spacial score (nSPS) is 18.1. The molecule has 0 aromatic heterocycles. The zero-order valence-corrected chi connectivity index (χ0v) is 7.94. The lowest BCUT2D eigenvalue weighted by Gasteiger charge is -2.28. The molecule has 78 valence electrons. The maximum Gasteiger partial charge on any atom is 0.418 e. The van der Waals surface area contributed by atoms with E-state index in [1.807, 2.05) is 0 Å². The first-order valence-electron chi connectivity index (χ1n) is 3.99. The van der Waals surface area contributed by atoms with Crippen molar-refractivity contribution in [3.05, 3.63) is 35.7 Å². The van der Waals surface area contributed by atoms with Crippen LogP contribution in [0.5, 0.6) is 0 Å².